The van der Waals surface area contributed by atoms with Crippen molar-refractivity contribution in [3.8, 4) is 17.2 Å². The van der Waals surface area contributed by atoms with Crippen molar-refractivity contribution in [1.29, 1.82) is 0 Å². The number of hydrogen-bond donors (Lipinski definition) is 3. The average molecular weight is 615 g/mol. The van der Waals surface area contributed by atoms with Crippen LogP contribution in [0.4, 0.5) is 22.0 Å². The highest BCUT2D eigenvalue weighted by atomic mass is 19.4. The standard InChI is InChI=1S/C33H43F5O5/c1-30(29(41)42,19-10-20-32(34,35)33(36,37)38)18-9-7-5-3-4-6-8-11-27-26-17-16-25(40)21-28(26)43-22-31(27,2)23-12-14-24(39)15-13-23/h12-17,21,27,39-40H,3-11,18-20,22H2,1-2H3,(H,41,42). The van der Waals surface area contributed by atoms with Crippen molar-refractivity contribution in [2.24, 2.45) is 5.41 Å². The number of benzene rings is 2. The van der Waals surface area contributed by atoms with Gasteiger partial charge in [-0.3, -0.25) is 4.79 Å². The van der Waals surface area contributed by atoms with Crippen LogP contribution < -0.4 is 4.74 Å². The molecule has 0 fully saturated rings. The minimum atomic E-state index is -5.63. The van der Waals surface area contributed by atoms with Crippen LogP contribution in [0.1, 0.15) is 108 Å². The summed E-state index contributed by atoms with van der Waals surface area (Å²) in [6, 6.07) is 12.4. The largest absolute Gasteiger partial charge is 0.508 e. The lowest BCUT2D eigenvalue weighted by molar-refractivity contribution is -0.284. The van der Waals surface area contributed by atoms with Gasteiger partial charge >= 0.3 is 18.1 Å². The number of carbonyl (C=O) groups is 1. The highest BCUT2D eigenvalue weighted by Gasteiger charge is 2.56. The summed E-state index contributed by atoms with van der Waals surface area (Å²) < 4.78 is 69.7. The zero-order valence-electron chi connectivity index (χ0n) is 24.9. The average Bonchev–Trinajstić information content (AvgIpc) is 2.92. The molecule has 2 aromatic rings. The first-order valence-corrected chi connectivity index (χ1v) is 15.0. The van der Waals surface area contributed by atoms with E-state index in [0.717, 1.165) is 56.1 Å². The molecule has 2 aromatic carbocycles. The van der Waals surface area contributed by atoms with Gasteiger partial charge in [0.25, 0.3) is 0 Å². The third kappa shape index (κ3) is 8.76. The van der Waals surface area contributed by atoms with Gasteiger partial charge in [-0.15, -0.1) is 0 Å². The van der Waals surface area contributed by atoms with Crippen LogP contribution in [-0.2, 0) is 10.2 Å². The molecule has 3 atom stereocenters. The summed E-state index contributed by atoms with van der Waals surface area (Å²) in [5.41, 5.74) is 0.458. The Hall–Kier alpha value is -3.04. The molecule has 1 aliphatic rings. The van der Waals surface area contributed by atoms with E-state index in [-0.39, 0.29) is 35.7 Å². The summed E-state index contributed by atoms with van der Waals surface area (Å²) >= 11 is 0. The minimum Gasteiger partial charge on any atom is -0.508 e. The molecule has 43 heavy (non-hydrogen) atoms. The van der Waals surface area contributed by atoms with E-state index in [2.05, 4.69) is 6.92 Å². The van der Waals surface area contributed by atoms with Gasteiger partial charge in [-0.1, -0.05) is 70.1 Å². The van der Waals surface area contributed by atoms with E-state index in [9.17, 15) is 42.1 Å². The number of alkyl halides is 5. The minimum absolute atomic E-state index is 0.145. The molecular weight excluding hydrogens is 571 g/mol. The SMILES string of the molecule is CC(CCCCCCCCCC1c2ccc(O)cc2OCC1(C)c1ccc(O)cc1)(CCCC(F)(F)C(F)(F)F)C(=O)O. The van der Waals surface area contributed by atoms with Gasteiger partial charge in [-0.2, -0.15) is 22.0 Å². The number of unbranched alkanes of at least 4 members (excludes halogenated alkanes) is 6. The van der Waals surface area contributed by atoms with Gasteiger partial charge in [0.2, 0.25) is 0 Å². The van der Waals surface area contributed by atoms with E-state index in [1.807, 2.05) is 18.2 Å². The van der Waals surface area contributed by atoms with Crippen molar-refractivity contribution in [2.45, 2.75) is 114 Å². The number of hydrogen-bond acceptors (Lipinski definition) is 4. The van der Waals surface area contributed by atoms with Gasteiger partial charge in [0.15, 0.2) is 0 Å². The second-order valence-electron chi connectivity index (χ2n) is 12.5. The maximum absolute atomic E-state index is 13.2. The normalized spacial score (nSPS) is 20.2. The van der Waals surface area contributed by atoms with Crippen molar-refractivity contribution in [1.82, 2.24) is 0 Å². The van der Waals surface area contributed by atoms with Crippen LogP contribution in [0, 0.1) is 5.41 Å². The number of halogens is 5. The number of ether oxygens (including phenoxy) is 1. The fourth-order valence-electron chi connectivity index (χ4n) is 6.14. The number of fused-ring (bicyclic) bond motifs is 1. The van der Waals surface area contributed by atoms with Crippen molar-refractivity contribution >= 4 is 5.97 Å². The highest BCUT2D eigenvalue weighted by Crippen LogP contribution is 2.50. The predicted octanol–water partition coefficient (Wildman–Crippen LogP) is 9.50. The Morgan fingerprint density at radius 1 is 0.837 bits per heavy atom. The molecule has 240 valence electrons. The highest BCUT2D eigenvalue weighted by molar-refractivity contribution is 5.74. The lowest BCUT2D eigenvalue weighted by Crippen LogP contribution is -2.40. The Bertz CT molecular complexity index is 1200. The smallest absolute Gasteiger partial charge is 0.453 e. The van der Waals surface area contributed by atoms with Crippen LogP contribution in [0.2, 0.25) is 0 Å². The zero-order valence-corrected chi connectivity index (χ0v) is 24.9. The fourth-order valence-corrected chi connectivity index (χ4v) is 6.14. The molecule has 10 heteroatoms. The maximum atomic E-state index is 13.2. The summed E-state index contributed by atoms with van der Waals surface area (Å²) in [7, 11) is 0. The molecule has 0 aliphatic carbocycles. The number of carboxylic acids is 1. The summed E-state index contributed by atoms with van der Waals surface area (Å²) in [5.74, 6) is -4.81. The van der Waals surface area contributed by atoms with Gasteiger partial charge in [-0.25, -0.2) is 0 Å². The maximum Gasteiger partial charge on any atom is 0.453 e. The van der Waals surface area contributed by atoms with Crippen molar-refractivity contribution in [2.75, 3.05) is 6.61 Å². The Morgan fingerprint density at radius 2 is 1.40 bits per heavy atom. The van der Waals surface area contributed by atoms with E-state index in [4.69, 9.17) is 4.74 Å². The topological polar surface area (TPSA) is 87.0 Å². The van der Waals surface area contributed by atoms with Crippen LogP contribution in [-0.4, -0.2) is 40.0 Å². The molecule has 5 nitrogen and oxygen atoms in total. The molecular formula is C33H43F5O5. The number of rotatable bonds is 16. The first kappa shape index (κ1) is 34.5. The van der Waals surface area contributed by atoms with Gasteiger partial charge in [0, 0.05) is 23.8 Å². The summed E-state index contributed by atoms with van der Waals surface area (Å²) in [6.45, 7) is 4.02. The third-order valence-corrected chi connectivity index (χ3v) is 9.07. The molecule has 3 N–H and O–H groups in total. The van der Waals surface area contributed by atoms with Crippen LogP contribution in [0.5, 0.6) is 17.2 Å². The number of carboxylic acid groups (broad SMARTS) is 1. The van der Waals surface area contributed by atoms with E-state index in [0.29, 0.717) is 18.8 Å². The first-order valence-electron chi connectivity index (χ1n) is 15.0. The van der Waals surface area contributed by atoms with E-state index >= 15 is 0 Å². The number of aliphatic carboxylic acids is 1. The molecule has 0 bridgehead atoms. The zero-order chi connectivity index (χ0) is 31.9. The Morgan fingerprint density at radius 3 is 2.00 bits per heavy atom. The van der Waals surface area contributed by atoms with Crippen molar-refractivity contribution in [3.05, 3.63) is 53.6 Å². The molecule has 0 spiro atoms. The summed E-state index contributed by atoms with van der Waals surface area (Å²) in [4.78, 5) is 11.7. The predicted molar refractivity (Wildman–Crippen MR) is 154 cm³/mol. The third-order valence-electron chi connectivity index (χ3n) is 9.07. The van der Waals surface area contributed by atoms with Crippen LogP contribution in [0.3, 0.4) is 0 Å². The quantitative estimate of drug-likeness (QED) is 0.130. The van der Waals surface area contributed by atoms with Crippen LogP contribution in [0.25, 0.3) is 0 Å². The Kier molecular flexibility index (Phi) is 11.3. The first-order chi connectivity index (χ1) is 20.1. The van der Waals surface area contributed by atoms with Crippen LogP contribution in [0.15, 0.2) is 42.5 Å². The van der Waals surface area contributed by atoms with Gasteiger partial charge in [-0.05, 0) is 61.9 Å². The lowest BCUT2D eigenvalue weighted by atomic mass is 9.66. The van der Waals surface area contributed by atoms with E-state index in [1.165, 1.54) is 6.92 Å². The molecule has 1 aliphatic heterocycles. The van der Waals surface area contributed by atoms with Crippen molar-refractivity contribution < 1.29 is 46.8 Å². The van der Waals surface area contributed by atoms with E-state index in [1.54, 1.807) is 24.3 Å². The molecule has 0 saturated carbocycles. The molecule has 3 unspecified atom stereocenters. The second-order valence-corrected chi connectivity index (χ2v) is 12.5. The molecule has 0 radical (unpaired) electrons. The second kappa shape index (κ2) is 14.2. The lowest BCUT2D eigenvalue weighted by Gasteiger charge is -2.43. The van der Waals surface area contributed by atoms with E-state index < -0.39 is 36.3 Å². The number of phenolic OH excluding ortho intramolecular Hbond substituents is 2. The molecule has 3 rings (SSSR count). The number of aromatic hydroxyl groups is 2. The molecule has 0 aromatic heterocycles. The van der Waals surface area contributed by atoms with Gasteiger partial charge < -0.3 is 20.1 Å². The molecule has 0 saturated heterocycles. The fraction of sp³-hybridized carbons (Fsp3) is 0.606. The van der Waals surface area contributed by atoms with Gasteiger partial charge in [0.1, 0.15) is 17.2 Å². The number of phenols is 2. The molecule has 0 amide bonds. The monoisotopic (exact) mass is 614 g/mol. The summed E-state index contributed by atoms with van der Waals surface area (Å²) in [5, 5.41) is 29.3. The summed E-state index contributed by atoms with van der Waals surface area (Å²) in [6.07, 6.45) is -0.524. The van der Waals surface area contributed by atoms with Gasteiger partial charge in [0.05, 0.1) is 12.0 Å². The van der Waals surface area contributed by atoms with Crippen LogP contribution >= 0.6 is 0 Å². The Labute approximate surface area is 250 Å². The Balaban J connectivity index is 1.44. The molecule has 1 heterocycles. The van der Waals surface area contributed by atoms with Crippen molar-refractivity contribution in [3.63, 3.8) is 0 Å².